The second kappa shape index (κ2) is 12.2. The largest absolute Gasteiger partial charge is 0.352 e. The molecular formula is C26H34FN3O4S. The van der Waals surface area contributed by atoms with Crippen LogP contribution in [0.4, 0.5) is 10.1 Å². The fraction of sp³-hybridized carbons (Fsp3) is 0.462. The zero-order chi connectivity index (χ0) is 25.4. The van der Waals surface area contributed by atoms with Gasteiger partial charge in [0, 0.05) is 12.6 Å². The van der Waals surface area contributed by atoms with E-state index in [9.17, 15) is 22.4 Å². The molecule has 0 saturated heterocycles. The van der Waals surface area contributed by atoms with E-state index in [-0.39, 0.29) is 18.5 Å². The molecule has 2 aromatic rings. The van der Waals surface area contributed by atoms with E-state index in [1.807, 2.05) is 6.92 Å². The van der Waals surface area contributed by atoms with Crippen LogP contribution in [0, 0.1) is 5.82 Å². The Kier molecular flexibility index (Phi) is 9.26. The molecule has 0 radical (unpaired) electrons. The molecule has 1 atom stereocenters. The molecule has 35 heavy (non-hydrogen) atoms. The van der Waals surface area contributed by atoms with Crippen LogP contribution in [0.15, 0.2) is 54.6 Å². The number of carbonyl (C=O) groups excluding carboxylic acids is 2. The lowest BCUT2D eigenvalue weighted by Crippen LogP contribution is -2.53. The molecule has 0 bridgehead atoms. The van der Waals surface area contributed by atoms with E-state index in [1.165, 1.54) is 17.0 Å². The van der Waals surface area contributed by atoms with E-state index >= 15 is 0 Å². The predicted molar refractivity (Wildman–Crippen MR) is 135 cm³/mol. The van der Waals surface area contributed by atoms with Gasteiger partial charge in [0.05, 0.1) is 11.9 Å². The monoisotopic (exact) mass is 503 g/mol. The molecule has 2 aromatic carbocycles. The SMILES string of the molecule is CCC(C(=O)NC1CCCCC1)N(Cc1ccc(F)cc1)C(=O)CN(c1ccccc1)S(C)(=O)=O. The van der Waals surface area contributed by atoms with Crippen molar-refractivity contribution in [2.45, 2.75) is 64.1 Å². The first-order valence-electron chi connectivity index (χ1n) is 12.1. The number of halogens is 1. The fourth-order valence-electron chi connectivity index (χ4n) is 4.46. The summed E-state index contributed by atoms with van der Waals surface area (Å²) in [6, 6.07) is 13.4. The van der Waals surface area contributed by atoms with Crippen molar-refractivity contribution in [2.24, 2.45) is 0 Å². The summed E-state index contributed by atoms with van der Waals surface area (Å²) < 4.78 is 39.6. The number of carbonyl (C=O) groups is 2. The molecule has 0 spiro atoms. The Bertz CT molecular complexity index is 1090. The molecule has 1 saturated carbocycles. The van der Waals surface area contributed by atoms with Gasteiger partial charge in [-0.15, -0.1) is 0 Å². The number of sulfonamides is 1. The second-order valence-corrected chi connectivity index (χ2v) is 10.9. The molecule has 0 aromatic heterocycles. The van der Waals surface area contributed by atoms with E-state index < -0.39 is 34.3 Å². The maximum absolute atomic E-state index is 13.6. The van der Waals surface area contributed by atoms with Gasteiger partial charge >= 0.3 is 0 Å². The van der Waals surface area contributed by atoms with Crippen molar-refractivity contribution in [1.29, 1.82) is 0 Å². The smallest absolute Gasteiger partial charge is 0.244 e. The lowest BCUT2D eigenvalue weighted by Gasteiger charge is -2.34. The van der Waals surface area contributed by atoms with E-state index in [0.717, 1.165) is 42.7 Å². The highest BCUT2D eigenvalue weighted by Crippen LogP contribution is 2.21. The molecule has 1 aliphatic rings. The zero-order valence-corrected chi connectivity index (χ0v) is 21.1. The van der Waals surface area contributed by atoms with E-state index in [4.69, 9.17) is 0 Å². The molecule has 2 amide bonds. The van der Waals surface area contributed by atoms with Crippen molar-refractivity contribution in [3.05, 3.63) is 66.0 Å². The van der Waals surface area contributed by atoms with Gasteiger partial charge in [0.2, 0.25) is 21.8 Å². The molecule has 7 nitrogen and oxygen atoms in total. The summed E-state index contributed by atoms with van der Waals surface area (Å²) in [5.74, 6) is -1.16. The minimum atomic E-state index is -3.76. The van der Waals surface area contributed by atoms with Crippen molar-refractivity contribution in [3.63, 3.8) is 0 Å². The van der Waals surface area contributed by atoms with Crippen LogP contribution in [-0.2, 0) is 26.2 Å². The fourth-order valence-corrected chi connectivity index (χ4v) is 5.31. The average molecular weight is 504 g/mol. The van der Waals surface area contributed by atoms with Gasteiger partial charge in [-0.1, -0.05) is 56.5 Å². The van der Waals surface area contributed by atoms with Crippen molar-refractivity contribution in [3.8, 4) is 0 Å². The Balaban J connectivity index is 1.88. The van der Waals surface area contributed by atoms with E-state index in [0.29, 0.717) is 17.7 Å². The highest BCUT2D eigenvalue weighted by molar-refractivity contribution is 7.92. The maximum Gasteiger partial charge on any atom is 0.244 e. The Morgan fingerprint density at radius 2 is 1.66 bits per heavy atom. The van der Waals surface area contributed by atoms with Gasteiger partial charge in [-0.05, 0) is 49.1 Å². The third-order valence-corrected chi connectivity index (χ3v) is 7.47. The number of hydrogen-bond donors (Lipinski definition) is 1. The van der Waals surface area contributed by atoms with Crippen molar-refractivity contribution in [1.82, 2.24) is 10.2 Å². The van der Waals surface area contributed by atoms with Crippen LogP contribution in [0.1, 0.15) is 51.0 Å². The van der Waals surface area contributed by atoms with E-state index in [1.54, 1.807) is 42.5 Å². The topological polar surface area (TPSA) is 86.8 Å². The Labute approximate surface area is 207 Å². The van der Waals surface area contributed by atoms with Crippen molar-refractivity contribution in [2.75, 3.05) is 17.1 Å². The van der Waals surface area contributed by atoms with Crippen LogP contribution in [0.25, 0.3) is 0 Å². The van der Waals surface area contributed by atoms with Gasteiger partial charge in [-0.25, -0.2) is 12.8 Å². The lowest BCUT2D eigenvalue weighted by molar-refractivity contribution is -0.140. The third kappa shape index (κ3) is 7.52. The number of rotatable bonds is 10. The quantitative estimate of drug-likeness (QED) is 0.534. The predicted octanol–water partition coefficient (Wildman–Crippen LogP) is 3.85. The Morgan fingerprint density at radius 1 is 1.03 bits per heavy atom. The second-order valence-electron chi connectivity index (χ2n) is 9.02. The number of para-hydroxylation sites is 1. The number of anilines is 1. The summed E-state index contributed by atoms with van der Waals surface area (Å²) in [7, 11) is -3.76. The number of nitrogens with one attached hydrogen (secondary N) is 1. The van der Waals surface area contributed by atoms with Gasteiger partial charge in [0.15, 0.2) is 0 Å². The van der Waals surface area contributed by atoms with Gasteiger partial charge in [0.1, 0.15) is 18.4 Å². The van der Waals surface area contributed by atoms with E-state index in [2.05, 4.69) is 5.32 Å². The van der Waals surface area contributed by atoms with Crippen LogP contribution in [0.2, 0.25) is 0 Å². The van der Waals surface area contributed by atoms with Gasteiger partial charge < -0.3 is 10.2 Å². The Hall–Kier alpha value is -2.94. The van der Waals surface area contributed by atoms with Crippen LogP contribution in [0.5, 0.6) is 0 Å². The average Bonchev–Trinajstić information content (AvgIpc) is 2.84. The molecule has 190 valence electrons. The molecule has 3 rings (SSSR count). The summed E-state index contributed by atoms with van der Waals surface area (Å²) in [6.07, 6.45) is 6.48. The first-order valence-corrected chi connectivity index (χ1v) is 13.9. The molecule has 1 unspecified atom stereocenters. The first-order chi connectivity index (χ1) is 16.7. The molecule has 0 aliphatic heterocycles. The highest BCUT2D eigenvalue weighted by atomic mass is 32.2. The highest BCUT2D eigenvalue weighted by Gasteiger charge is 2.32. The minimum Gasteiger partial charge on any atom is -0.352 e. The van der Waals surface area contributed by atoms with Crippen molar-refractivity contribution >= 4 is 27.5 Å². The standard InChI is InChI=1S/C26H34FN3O4S/c1-3-24(26(32)28-22-10-6-4-7-11-22)29(18-20-14-16-21(27)17-15-20)25(31)19-30(35(2,33)34)23-12-8-5-9-13-23/h5,8-9,12-17,22,24H,3-4,6-7,10-11,18-19H2,1-2H3,(H,28,32). The molecule has 1 N–H and O–H groups in total. The summed E-state index contributed by atoms with van der Waals surface area (Å²) in [6.45, 7) is 1.43. The number of nitrogens with zero attached hydrogens (tertiary/aromatic N) is 2. The summed E-state index contributed by atoms with van der Waals surface area (Å²) in [4.78, 5) is 28.3. The maximum atomic E-state index is 13.6. The number of hydrogen-bond acceptors (Lipinski definition) is 4. The minimum absolute atomic E-state index is 0.0576. The summed E-state index contributed by atoms with van der Waals surface area (Å²) in [5, 5.41) is 3.09. The molecular weight excluding hydrogens is 469 g/mol. The lowest BCUT2D eigenvalue weighted by atomic mass is 9.95. The third-order valence-electron chi connectivity index (χ3n) is 6.33. The van der Waals surface area contributed by atoms with Gasteiger partial charge in [-0.3, -0.25) is 13.9 Å². The Morgan fingerprint density at radius 3 is 2.23 bits per heavy atom. The molecule has 1 fully saturated rings. The molecule has 9 heteroatoms. The number of benzene rings is 2. The van der Waals surface area contributed by atoms with Gasteiger partial charge in [-0.2, -0.15) is 0 Å². The summed E-state index contributed by atoms with van der Waals surface area (Å²) >= 11 is 0. The number of amides is 2. The first kappa shape index (κ1) is 26.7. The molecule has 1 aliphatic carbocycles. The molecule has 0 heterocycles. The van der Waals surface area contributed by atoms with Crippen LogP contribution < -0.4 is 9.62 Å². The van der Waals surface area contributed by atoms with Crippen LogP contribution in [-0.4, -0.2) is 50.0 Å². The van der Waals surface area contributed by atoms with Crippen molar-refractivity contribution < 1.29 is 22.4 Å². The van der Waals surface area contributed by atoms with Crippen LogP contribution >= 0.6 is 0 Å². The van der Waals surface area contributed by atoms with Gasteiger partial charge in [0.25, 0.3) is 0 Å². The normalized spacial score (nSPS) is 15.3. The van der Waals surface area contributed by atoms with Crippen LogP contribution in [0.3, 0.4) is 0 Å². The zero-order valence-electron chi connectivity index (χ0n) is 20.3. The summed E-state index contributed by atoms with van der Waals surface area (Å²) in [5.41, 5.74) is 1.01.